The number of hydrogen-bond acceptors (Lipinski definition) is 5. The maximum atomic E-state index is 12.3. The van der Waals surface area contributed by atoms with Crippen molar-refractivity contribution in [2.24, 2.45) is 0 Å². The lowest BCUT2D eigenvalue weighted by atomic mass is 10.2. The van der Waals surface area contributed by atoms with Crippen LogP contribution in [0.3, 0.4) is 0 Å². The van der Waals surface area contributed by atoms with Crippen LogP contribution in [0, 0.1) is 13.8 Å². The van der Waals surface area contributed by atoms with Gasteiger partial charge in [0.15, 0.2) is 0 Å². The molecule has 2 aromatic heterocycles. The molecule has 0 unspecified atom stereocenters. The number of hydrogen-bond donors (Lipinski definition) is 2. The molecule has 2 N–H and O–H groups in total. The van der Waals surface area contributed by atoms with E-state index >= 15 is 0 Å². The molecule has 0 saturated carbocycles. The third kappa shape index (κ3) is 2.93. The van der Waals surface area contributed by atoms with Gasteiger partial charge in [0.1, 0.15) is 16.7 Å². The zero-order chi connectivity index (χ0) is 17.4. The van der Waals surface area contributed by atoms with Crippen LogP contribution in [0.1, 0.15) is 35.5 Å². The largest absolute Gasteiger partial charge is 0.480 e. The van der Waals surface area contributed by atoms with Gasteiger partial charge in [0.2, 0.25) is 5.91 Å². The highest BCUT2D eigenvalue weighted by Crippen LogP contribution is 2.26. The first-order chi connectivity index (χ1) is 11.4. The lowest BCUT2D eigenvalue weighted by Gasteiger charge is -2.21. The number of rotatable bonds is 4. The Morgan fingerprint density at radius 2 is 2.17 bits per heavy atom. The number of carboxylic acids is 1. The number of nitrogens with zero attached hydrogens (tertiary/aromatic N) is 2. The molecule has 1 atom stereocenters. The summed E-state index contributed by atoms with van der Waals surface area (Å²) < 4.78 is 0. The van der Waals surface area contributed by atoms with Gasteiger partial charge in [-0.2, -0.15) is 0 Å². The van der Waals surface area contributed by atoms with Crippen molar-refractivity contribution in [3.8, 4) is 0 Å². The number of carbonyl (C=O) groups is 2. The number of aryl methyl sites for hydroxylation is 3. The van der Waals surface area contributed by atoms with Gasteiger partial charge in [-0.1, -0.05) is 0 Å². The summed E-state index contributed by atoms with van der Waals surface area (Å²) in [4.78, 5) is 46.0. The molecule has 8 heteroatoms. The topological polar surface area (TPSA) is 103 Å². The van der Waals surface area contributed by atoms with Crippen LogP contribution in [0.15, 0.2) is 4.79 Å². The Kier molecular flexibility index (Phi) is 4.40. The van der Waals surface area contributed by atoms with E-state index in [1.165, 1.54) is 16.2 Å². The van der Waals surface area contributed by atoms with Crippen molar-refractivity contribution >= 4 is 33.4 Å². The monoisotopic (exact) mass is 349 g/mol. The number of nitrogens with one attached hydrogen (secondary N) is 1. The molecule has 2 aromatic rings. The van der Waals surface area contributed by atoms with Crippen molar-refractivity contribution in [1.82, 2.24) is 14.9 Å². The number of aromatic amines is 1. The van der Waals surface area contributed by atoms with Crippen molar-refractivity contribution in [3.63, 3.8) is 0 Å². The molecule has 3 rings (SSSR count). The summed E-state index contributed by atoms with van der Waals surface area (Å²) in [6, 6.07) is -0.727. The molecule has 24 heavy (non-hydrogen) atoms. The fourth-order valence-electron chi connectivity index (χ4n) is 3.11. The molecule has 1 saturated heterocycles. The summed E-state index contributed by atoms with van der Waals surface area (Å²) in [5, 5.41) is 9.76. The van der Waals surface area contributed by atoms with Crippen LogP contribution in [0.4, 0.5) is 0 Å². The van der Waals surface area contributed by atoms with Crippen LogP contribution in [0.5, 0.6) is 0 Å². The van der Waals surface area contributed by atoms with E-state index in [0.717, 1.165) is 10.4 Å². The number of likely N-dealkylation sites (tertiary alicyclic amines) is 1. The van der Waals surface area contributed by atoms with Crippen molar-refractivity contribution < 1.29 is 14.7 Å². The average Bonchev–Trinajstić information content (AvgIpc) is 3.11. The number of carboxylic acid groups (broad SMARTS) is 1. The number of amides is 1. The highest BCUT2D eigenvalue weighted by Gasteiger charge is 2.33. The minimum absolute atomic E-state index is 0.140. The van der Waals surface area contributed by atoms with Gasteiger partial charge >= 0.3 is 5.97 Å². The van der Waals surface area contributed by atoms with Gasteiger partial charge in [-0.3, -0.25) is 9.59 Å². The van der Waals surface area contributed by atoms with Gasteiger partial charge in [-0.25, -0.2) is 9.78 Å². The fraction of sp³-hybridized carbons (Fsp3) is 0.500. The molecule has 1 aliphatic heterocycles. The first-order valence-corrected chi connectivity index (χ1v) is 8.71. The predicted octanol–water partition coefficient (Wildman–Crippen LogP) is 1.61. The van der Waals surface area contributed by atoms with Gasteiger partial charge in [-0.15, -0.1) is 11.3 Å². The number of aliphatic carboxylic acids is 1. The van der Waals surface area contributed by atoms with Crippen LogP contribution >= 0.6 is 11.3 Å². The van der Waals surface area contributed by atoms with Crippen molar-refractivity contribution in [2.75, 3.05) is 6.54 Å². The van der Waals surface area contributed by atoms with E-state index in [-0.39, 0.29) is 17.9 Å². The third-order valence-electron chi connectivity index (χ3n) is 4.52. The Hall–Kier alpha value is -2.22. The van der Waals surface area contributed by atoms with Crippen molar-refractivity contribution in [3.05, 3.63) is 26.6 Å². The molecular weight excluding hydrogens is 330 g/mol. The second kappa shape index (κ2) is 6.35. The summed E-state index contributed by atoms with van der Waals surface area (Å²) in [6.07, 6.45) is 1.64. The van der Waals surface area contributed by atoms with E-state index in [0.29, 0.717) is 41.8 Å². The van der Waals surface area contributed by atoms with Crippen LogP contribution in [0.25, 0.3) is 10.2 Å². The second-order valence-corrected chi connectivity index (χ2v) is 7.26. The molecule has 0 aliphatic carbocycles. The summed E-state index contributed by atoms with van der Waals surface area (Å²) in [5.41, 5.74) is 0.752. The van der Waals surface area contributed by atoms with Crippen LogP contribution in [0.2, 0.25) is 0 Å². The van der Waals surface area contributed by atoms with E-state index in [1.54, 1.807) is 0 Å². The molecule has 1 fully saturated rings. The van der Waals surface area contributed by atoms with Gasteiger partial charge in [0, 0.05) is 24.3 Å². The maximum absolute atomic E-state index is 12.3. The molecule has 1 aliphatic rings. The zero-order valence-electron chi connectivity index (χ0n) is 13.6. The van der Waals surface area contributed by atoms with E-state index in [4.69, 9.17) is 5.11 Å². The quantitative estimate of drug-likeness (QED) is 0.873. The van der Waals surface area contributed by atoms with E-state index in [1.807, 2.05) is 13.8 Å². The van der Waals surface area contributed by atoms with Gasteiger partial charge in [-0.05, 0) is 32.3 Å². The Morgan fingerprint density at radius 1 is 1.42 bits per heavy atom. The Labute approximate surface area is 142 Å². The Bertz CT molecular complexity index is 870. The predicted molar refractivity (Wildman–Crippen MR) is 90.4 cm³/mol. The van der Waals surface area contributed by atoms with Crippen LogP contribution in [-0.2, 0) is 16.0 Å². The third-order valence-corrected chi connectivity index (χ3v) is 5.62. The summed E-state index contributed by atoms with van der Waals surface area (Å²) in [6.45, 7) is 4.32. The smallest absolute Gasteiger partial charge is 0.326 e. The Balaban J connectivity index is 1.75. The number of carbonyl (C=O) groups excluding carboxylic acids is 1. The van der Waals surface area contributed by atoms with Crippen molar-refractivity contribution in [2.45, 2.75) is 45.6 Å². The van der Waals surface area contributed by atoms with E-state index < -0.39 is 12.0 Å². The first kappa shape index (κ1) is 16.6. The first-order valence-electron chi connectivity index (χ1n) is 7.89. The summed E-state index contributed by atoms with van der Waals surface area (Å²) >= 11 is 1.47. The lowest BCUT2D eigenvalue weighted by molar-refractivity contribution is -0.148. The molecule has 3 heterocycles. The standard InChI is InChI=1S/C16H19N3O4S/c1-8-9(2)24-15-13(8)14(21)17-11(18-15)5-6-12(20)19-7-3-4-10(19)16(22)23/h10H,3-7H2,1-2H3,(H,22,23)(H,17,18,21)/t10-/m1/s1. The van der Waals surface area contributed by atoms with Gasteiger partial charge in [0.05, 0.1) is 5.39 Å². The summed E-state index contributed by atoms with van der Waals surface area (Å²) in [5.74, 6) is -0.701. The van der Waals surface area contributed by atoms with Gasteiger partial charge in [0.25, 0.3) is 5.56 Å². The van der Waals surface area contributed by atoms with Gasteiger partial charge < -0.3 is 15.0 Å². The molecule has 7 nitrogen and oxygen atoms in total. The van der Waals surface area contributed by atoms with E-state index in [2.05, 4.69) is 9.97 Å². The highest BCUT2D eigenvalue weighted by atomic mass is 32.1. The average molecular weight is 349 g/mol. The molecule has 0 aromatic carbocycles. The molecule has 0 radical (unpaired) electrons. The minimum Gasteiger partial charge on any atom is -0.480 e. The highest BCUT2D eigenvalue weighted by molar-refractivity contribution is 7.18. The fourth-order valence-corrected chi connectivity index (χ4v) is 4.16. The van der Waals surface area contributed by atoms with Crippen LogP contribution < -0.4 is 5.56 Å². The normalized spacial score (nSPS) is 17.6. The number of thiophene rings is 1. The zero-order valence-corrected chi connectivity index (χ0v) is 14.4. The SMILES string of the molecule is Cc1sc2nc(CCC(=O)N3CCC[C@@H]3C(=O)O)[nH]c(=O)c2c1C. The lowest BCUT2D eigenvalue weighted by Crippen LogP contribution is -2.40. The molecular formula is C16H19N3O4S. The number of H-pyrrole nitrogens is 1. The molecule has 1 amide bonds. The summed E-state index contributed by atoms with van der Waals surface area (Å²) in [7, 11) is 0. The number of fused-ring (bicyclic) bond motifs is 1. The van der Waals surface area contributed by atoms with Crippen LogP contribution in [-0.4, -0.2) is 44.4 Å². The maximum Gasteiger partial charge on any atom is 0.326 e. The minimum atomic E-state index is -0.960. The number of aromatic nitrogens is 2. The molecule has 0 bridgehead atoms. The van der Waals surface area contributed by atoms with Crippen molar-refractivity contribution in [1.29, 1.82) is 0 Å². The molecule has 0 spiro atoms. The van der Waals surface area contributed by atoms with E-state index in [9.17, 15) is 14.4 Å². The Morgan fingerprint density at radius 3 is 2.88 bits per heavy atom. The second-order valence-electron chi connectivity index (χ2n) is 6.06. The molecule has 128 valence electrons.